The summed E-state index contributed by atoms with van der Waals surface area (Å²) in [5.74, 6) is -0.367. The Kier molecular flexibility index (Phi) is 4.95. The summed E-state index contributed by atoms with van der Waals surface area (Å²) in [4.78, 5) is 12.1. The van der Waals surface area contributed by atoms with Crippen LogP contribution in [0.2, 0.25) is 10.0 Å². The number of rotatable bonds is 4. The van der Waals surface area contributed by atoms with Gasteiger partial charge in [0.2, 0.25) is 10.0 Å². The summed E-state index contributed by atoms with van der Waals surface area (Å²) in [5, 5.41) is 3.40. The van der Waals surface area contributed by atoms with Gasteiger partial charge in [-0.1, -0.05) is 23.2 Å². The molecule has 0 aliphatic rings. The van der Waals surface area contributed by atoms with Crippen LogP contribution in [-0.4, -0.2) is 20.6 Å². The first-order chi connectivity index (χ1) is 10.2. The molecule has 2 aromatic carbocycles. The van der Waals surface area contributed by atoms with Gasteiger partial charge in [0.25, 0.3) is 5.91 Å². The van der Waals surface area contributed by atoms with Gasteiger partial charge in [0, 0.05) is 27.0 Å². The Labute approximate surface area is 138 Å². The van der Waals surface area contributed by atoms with Crippen LogP contribution in [0.5, 0.6) is 0 Å². The maximum atomic E-state index is 12.1. The molecule has 5 nitrogen and oxygen atoms in total. The van der Waals surface area contributed by atoms with Crippen molar-refractivity contribution in [3.63, 3.8) is 0 Å². The molecule has 1 amide bonds. The second kappa shape index (κ2) is 6.56. The molecule has 0 spiro atoms. The molecule has 2 N–H and O–H groups in total. The Morgan fingerprint density at radius 1 is 0.955 bits per heavy atom. The standard InChI is InChI=1S/C14H12Cl2N2O3S/c1-22(20,21)18-13-4-2-12(3-5-13)17-14(19)9-6-10(15)8-11(16)7-9/h2-8,18H,1H3,(H,17,19). The maximum Gasteiger partial charge on any atom is 0.255 e. The molecule has 2 rings (SSSR count). The van der Waals surface area contributed by atoms with Gasteiger partial charge >= 0.3 is 0 Å². The lowest BCUT2D eigenvalue weighted by Gasteiger charge is -2.08. The maximum absolute atomic E-state index is 12.1. The molecular weight excluding hydrogens is 347 g/mol. The molecule has 0 aliphatic heterocycles. The monoisotopic (exact) mass is 358 g/mol. The van der Waals surface area contributed by atoms with Gasteiger partial charge in [-0.3, -0.25) is 9.52 Å². The fourth-order valence-electron chi connectivity index (χ4n) is 1.72. The largest absolute Gasteiger partial charge is 0.322 e. The van der Waals surface area contributed by atoms with Crippen LogP contribution >= 0.6 is 23.2 Å². The number of halogens is 2. The van der Waals surface area contributed by atoms with E-state index >= 15 is 0 Å². The molecule has 0 aromatic heterocycles. The molecule has 0 saturated heterocycles. The Balaban J connectivity index is 2.12. The molecule has 0 atom stereocenters. The summed E-state index contributed by atoms with van der Waals surface area (Å²) < 4.78 is 24.5. The first kappa shape index (κ1) is 16.6. The van der Waals surface area contributed by atoms with Crippen LogP contribution in [0.15, 0.2) is 42.5 Å². The Bertz CT molecular complexity index is 785. The number of amides is 1. The first-order valence-electron chi connectivity index (χ1n) is 6.08. The quantitative estimate of drug-likeness (QED) is 0.876. The summed E-state index contributed by atoms with van der Waals surface area (Å²) in [7, 11) is -3.33. The van der Waals surface area contributed by atoms with E-state index in [-0.39, 0.29) is 5.91 Å². The van der Waals surface area contributed by atoms with E-state index in [0.717, 1.165) is 6.26 Å². The van der Waals surface area contributed by atoms with Crippen molar-refractivity contribution in [1.82, 2.24) is 0 Å². The zero-order valence-corrected chi connectivity index (χ0v) is 13.8. The van der Waals surface area contributed by atoms with Gasteiger partial charge in [0.15, 0.2) is 0 Å². The number of carbonyl (C=O) groups is 1. The van der Waals surface area contributed by atoms with Crippen LogP contribution in [0.3, 0.4) is 0 Å². The third kappa shape index (κ3) is 4.91. The summed E-state index contributed by atoms with van der Waals surface area (Å²) >= 11 is 11.7. The minimum atomic E-state index is -3.33. The fraction of sp³-hybridized carbons (Fsp3) is 0.0714. The number of hydrogen-bond acceptors (Lipinski definition) is 3. The second-order valence-corrected chi connectivity index (χ2v) is 7.19. The molecular formula is C14H12Cl2N2O3S. The van der Waals surface area contributed by atoms with E-state index in [9.17, 15) is 13.2 Å². The topological polar surface area (TPSA) is 75.3 Å². The predicted molar refractivity (Wildman–Crippen MR) is 89.3 cm³/mol. The average Bonchev–Trinajstić information content (AvgIpc) is 2.38. The van der Waals surface area contributed by atoms with Crippen molar-refractivity contribution in [2.45, 2.75) is 0 Å². The van der Waals surface area contributed by atoms with Gasteiger partial charge < -0.3 is 5.32 Å². The molecule has 0 aliphatic carbocycles. The second-order valence-electron chi connectivity index (χ2n) is 4.56. The number of carbonyl (C=O) groups excluding carboxylic acids is 1. The van der Waals surface area contributed by atoms with Gasteiger partial charge in [-0.05, 0) is 42.5 Å². The van der Waals surface area contributed by atoms with Crippen molar-refractivity contribution < 1.29 is 13.2 Å². The zero-order chi connectivity index (χ0) is 16.3. The highest BCUT2D eigenvalue weighted by atomic mass is 35.5. The van der Waals surface area contributed by atoms with Crippen LogP contribution in [0.1, 0.15) is 10.4 Å². The molecule has 0 heterocycles. The lowest BCUT2D eigenvalue weighted by Crippen LogP contribution is -2.12. The van der Waals surface area contributed by atoms with Crippen molar-refractivity contribution in [2.75, 3.05) is 16.3 Å². The van der Waals surface area contributed by atoms with Crippen LogP contribution in [0, 0.1) is 0 Å². The van der Waals surface area contributed by atoms with E-state index in [0.29, 0.717) is 27.0 Å². The summed E-state index contributed by atoms with van der Waals surface area (Å²) in [5.41, 5.74) is 1.25. The number of benzene rings is 2. The summed E-state index contributed by atoms with van der Waals surface area (Å²) in [6.45, 7) is 0. The highest BCUT2D eigenvalue weighted by Crippen LogP contribution is 2.20. The van der Waals surface area contributed by atoms with Crippen molar-refractivity contribution in [2.24, 2.45) is 0 Å². The molecule has 0 unspecified atom stereocenters. The van der Waals surface area contributed by atoms with E-state index in [1.807, 2.05) is 0 Å². The third-order valence-electron chi connectivity index (χ3n) is 2.57. The van der Waals surface area contributed by atoms with Gasteiger partial charge in [0.05, 0.1) is 6.26 Å². The number of nitrogens with one attached hydrogen (secondary N) is 2. The zero-order valence-electron chi connectivity index (χ0n) is 11.4. The van der Waals surface area contributed by atoms with Crippen LogP contribution in [0.25, 0.3) is 0 Å². The molecule has 0 bridgehead atoms. The van der Waals surface area contributed by atoms with Crippen LogP contribution in [-0.2, 0) is 10.0 Å². The normalized spacial score (nSPS) is 11.0. The predicted octanol–water partition coefficient (Wildman–Crippen LogP) is 3.62. The van der Waals surface area contributed by atoms with Crippen LogP contribution < -0.4 is 10.0 Å². The van der Waals surface area contributed by atoms with Gasteiger partial charge in [-0.15, -0.1) is 0 Å². The minimum absolute atomic E-state index is 0.329. The smallest absolute Gasteiger partial charge is 0.255 e. The van der Waals surface area contributed by atoms with Crippen molar-refractivity contribution >= 4 is 50.5 Å². The van der Waals surface area contributed by atoms with Gasteiger partial charge in [-0.2, -0.15) is 0 Å². The molecule has 2 aromatic rings. The summed E-state index contributed by atoms with van der Waals surface area (Å²) in [6.07, 6.45) is 1.06. The highest BCUT2D eigenvalue weighted by Gasteiger charge is 2.09. The van der Waals surface area contributed by atoms with Crippen molar-refractivity contribution in [3.8, 4) is 0 Å². The number of sulfonamides is 1. The lowest BCUT2D eigenvalue weighted by atomic mass is 10.2. The minimum Gasteiger partial charge on any atom is -0.322 e. The fourth-order valence-corrected chi connectivity index (χ4v) is 2.81. The third-order valence-corrected chi connectivity index (χ3v) is 3.61. The van der Waals surface area contributed by atoms with Gasteiger partial charge in [-0.25, -0.2) is 8.42 Å². The number of anilines is 2. The SMILES string of the molecule is CS(=O)(=O)Nc1ccc(NC(=O)c2cc(Cl)cc(Cl)c2)cc1. The Hall–Kier alpha value is -1.76. The van der Waals surface area contributed by atoms with Crippen molar-refractivity contribution in [1.29, 1.82) is 0 Å². The first-order valence-corrected chi connectivity index (χ1v) is 8.73. The Morgan fingerprint density at radius 3 is 1.95 bits per heavy atom. The van der Waals surface area contributed by atoms with E-state index in [1.165, 1.54) is 18.2 Å². The summed E-state index contributed by atoms with van der Waals surface area (Å²) in [6, 6.07) is 10.8. The molecule has 0 saturated carbocycles. The molecule has 8 heteroatoms. The average molecular weight is 359 g/mol. The van der Waals surface area contributed by atoms with E-state index < -0.39 is 10.0 Å². The van der Waals surface area contributed by atoms with Crippen molar-refractivity contribution in [3.05, 3.63) is 58.1 Å². The number of hydrogen-bond donors (Lipinski definition) is 2. The van der Waals surface area contributed by atoms with E-state index in [4.69, 9.17) is 23.2 Å². The lowest BCUT2D eigenvalue weighted by molar-refractivity contribution is 0.102. The molecule has 0 fully saturated rings. The molecule has 0 radical (unpaired) electrons. The Morgan fingerprint density at radius 2 is 1.45 bits per heavy atom. The van der Waals surface area contributed by atoms with Crippen LogP contribution in [0.4, 0.5) is 11.4 Å². The van der Waals surface area contributed by atoms with Gasteiger partial charge in [0.1, 0.15) is 0 Å². The highest BCUT2D eigenvalue weighted by molar-refractivity contribution is 7.92. The van der Waals surface area contributed by atoms with E-state index in [2.05, 4.69) is 10.0 Å². The van der Waals surface area contributed by atoms with E-state index in [1.54, 1.807) is 24.3 Å². The molecule has 116 valence electrons. The molecule has 22 heavy (non-hydrogen) atoms.